The van der Waals surface area contributed by atoms with Crippen LogP contribution < -0.4 is 5.43 Å². The average molecular weight is 204 g/mol. The molecule has 0 saturated carbocycles. The molecule has 3 heteroatoms. The Balaban J connectivity index is 0.000000963. The Morgan fingerprint density at radius 3 is 2.50 bits per heavy atom. The maximum absolute atomic E-state index is 11.8. The fourth-order valence-corrected chi connectivity index (χ4v) is 1.94. The average Bonchev–Trinajstić information content (AvgIpc) is 2.29. The molecule has 0 aliphatic carbocycles. The molecule has 0 aliphatic rings. The Bertz CT molecular complexity index is 703. The Hall–Kier alpha value is -1.92. The van der Waals surface area contributed by atoms with Crippen molar-refractivity contribution in [3.05, 3.63) is 58.9 Å². The summed E-state index contributed by atoms with van der Waals surface area (Å²) in [6.45, 7) is 0. The Morgan fingerprint density at radius 1 is 0.875 bits per heavy atom. The van der Waals surface area contributed by atoms with Crippen LogP contribution in [0.15, 0.2) is 53.5 Å². The molecule has 1 heterocycles. The minimum Gasteiger partial charge on any atom is -0.361 e. The summed E-state index contributed by atoms with van der Waals surface area (Å²) >= 11 is 0. The van der Waals surface area contributed by atoms with Crippen LogP contribution in [-0.4, -0.2) is 15.1 Å². The van der Waals surface area contributed by atoms with E-state index < -0.39 is 0 Å². The first-order valence-electron chi connectivity index (χ1n) is 4.85. The number of nitrogens with one attached hydrogen (secondary N) is 1. The Kier molecular flexibility index (Phi) is 2.59. The van der Waals surface area contributed by atoms with Crippen molar-refractivity contribution in [1.29, 1.82) is 0 Å². The molecule has 0 saturated heterocycles. The topological polar surface area (TPSA) is 32.9 Å². The van der Waals surface area contributed by atoms with Crippen LogP contribution in [0.4, 0.5) is 0 Å². The standard InChI is InChI=1S/C13H9NO.Be/c15-11-5-1-3-9-6-7-10-4-2-8-14-13(10)12(9)11;/h1-8,14H;. The number of benzene rings is 2. The van der Waals surface area contributed by atoms with Gasteiger partial charge in [-0.2, -0.15) is 0 Å². The second-order valence-electron chi connectivity index (χ2n) is 3.55. The van der Waals surface area contributed by atoms with E-state index in [1.807, 2.05) is 36.5 Å². The van der Waals surface area contributed by atoms with Gasteiger partial charge in [-0.25, -0.2) is 0 Å². The molecule has 2 radical (unpaired) electrons. The van der Waals surface area contributed by atoms with Gasteiger partial charge < -0.3 is 4.98 Å². The number of hydrogen-bond donors (Lipinski definition) is 1. The largest absolute Gasteiger partial charge is 0.361 e. The second-order valence-corrected chi connectivity index (χ2v) is 3.55. The first-order chi connectivity index (χ1) is 7.36. The van der Waals surface area contributed by atoms with Crippen LogP contribution >= 0.6 is 0 Å². The maximum Gasteiger partial charge on any atom is 0.188 e. The molecule has 1 aromatic heterocycles. The minimum absolute atomic E-state index is 0. The van der Waals surface area contributed by atoms with E-state index in [0.29, 0.717) is 0 Å². The molecular weight excluding hydrogens is 195 g/mol. The number of hydrogen-bond acceptors (Lipinski definition) is 1. The molecule has 74 valence electrons. The van der Waals surface area contributed by atoms with Crippen molar-refractivity contribution in [1.82, 2.24) is 4.98 Å². The van der Waals surface area contributed by atoms with Crippen LogP contribution in [0.1, 0.15) is 0 Å². The van der Waals surface area contributed by atoms with Gasteiger partial charge in [0, 0.05) is 16.3 Å². The smallest absolute Gasteiger partial charge is 0.188 e. The van der Waals surface area contributed by atoms with Crippen LogP contribution in [0.5, 0.6) is 0 Å². The van der Waals surface area contributed by atoms with E-state index in [4.69, 9.17) is 0 Å². The third kappa shape index (κ3) is 1.44. The van der Waals surface area contributed by atoms with E-state index in [9.17, 15) is 4.79 Å². The van der Waals surface area contributed by atoms with Crippen LogP contribution in [0, 0.1) is 0 Å². The van der Waals surface area contributed by atoms with E-state index in [1.54, 1.807) is 12.1 Å². The van der Waals surface area contributed by atoms with E-state index in [0.717, 1.165) is 21.7 Å². The first kappa shape index (κ1) is 10.6. The number of aromatic nitrogens is 1. The minimum atomic E-state index is 0. The summed E-state index contributed by atoms with van der Waals surface area (Å²) in [5.41, 5.74) is 0.987. The molecule has 3 aromatic rings. The zero-order chi connectivity index (χ0) is 10.3. The van der Waals surface area contributed by atoms with E-state index in [-0.39, 0.29) is 15.5 Å². The van der Waals surface area contributed by atoms with Crippen molar-refractivity contribution in [2.24, 2.45) is 0 Å². The summed E-state index contributed by atoms with van der Waals surface area (Å²) in [6, 6.07) is 13.3. The predicted molar refractivity (Wildman–Crippen MR) is 67.8 cm³/mol. The van der Waals surface area contributed by atoms with Gasteiger partial charge in [-0.1, -0.05) is 30.3 Å². The van der Waals surface area contributed by atoms with Crippen LogP contribution in [0.2, 0.25) is 0 Å². The fraction of sp³-hybridized carbons (Fsp3) is 0. The van der Waals surface area contributed by atoms with Crippen LogP contribution in [-0.2, 0) is 0 Å². The predicted octanol–water partition coefficient (Wildman–Crippen LogP) is 2.30. The molecule has 0 bridgehead atoms. The fourth-order valence-electron chi connectivity index (χ4n) is 1.94. The molecule has 1 N–H and O–H groups in total. The molecule has 0 atom stereocenters. The third-order valence-electron chi connectivity index (χ3n) is 2.64. The molecule has 2 nitrogen and oxygen atoms in total. The van der Waals surface area contributed by atoms with Gasteiger partial charge in [0.25, 0.3) is 0 Å². The molecule has 0 unspecified atom stereocenters. The Morgan fingerprint density at radius 2 is 1.62 bits per heavy atom. The molecule has 0 amide bonds. The summed E-state index contributed by atoms with van der Waals surface area (Å²) in [5, 5.41) is 2.82. The van der Waals surface area contributed by atoms with Gasteiger partial charge in [-0.15, -0.1) is 0 Å². The Labute approximate surface area is 96.1 Å². The number of rotatable bonds is 0. The second kappa shape index (κ2) is 3.91. The van der Waals surface area contributed by atoms with Gasteiger partial charge in [-0.3, -0.25) is 4.79 Å². The monoisotopic (exact) mass is 204 g/mol. The summed E-state index contributed by atoms with van der Waals surface area (Å²) in [7, 11) is 0. The van der Waals surface area contributed by atoms with E-state index >= 15 is 0 Å². The zero-order valence-corrected chi connectivity index (χ0v) is 8.73. The first-order valence-corrected chi connectivity index (χ1v) is 4.85. The molecule has 0 spiro atoms. The maximum atomic E-state index is 11.8. The molecule has 0 aliphatic heterocycles. The van der Waals surface area contributed by atoms with Gasteiger partial charge in [0.05, 0.1) is 10.9 Å². The summed E-state index contributed by atoms with van der Waals surface area (Å²) in [5.74, 6) is 0. The van der Waals surface area contributed by atoms with Gasteiger partial charge >= 0.3 is 0 Å². The molecule has 3 rings (SSSR count). The van der Waals surface area contributed by atoms with Crippen molar-refractivity contribution < 1.29 is 0 Å². The van der Waals surface area contributed by atoms with Gasteiger partial charge in [0.2, 0.25) is 0 Å². The van der Waals surface area contributed by atoms with Crippen LogP contribution in [0.25, 0.3) is 21.7 Å². The van der Waals surface area contributed by atoms with Gasteiger partial charge in [0.1, 0.15) is 0 Å². The van der Waals surface area contributed by atoms with Crippen molar-refractivity contribution >= 4 is 31.8 Å². The molecule has 16 heavy (non-hydrogen) atoms. The SMILES string of the molecule is O=c1cccc2ccc3ccc[nH]c3c12.[Be]. The quantitative estimate of drug-likeness (QED) is 0.442. The number of pyridine rings is 1. The molecule has 0 fully saturated rings. The van der Waals surface area contributed by atoms with Crippen molar-refractivity contribution in [2.45, 2.75) is 0 Å². The number of H-pyrrole nitrogens is 1. The van der Waals surface area contributed by atoms with Crippen LogP contribution in [0.3, 0.4) is 0 Å². The number of fused-ring (bicyclic) bond motifs is 3. The normalized spacial score (nSPS) is 10.2. The summed E-state index contributed by atoms with van der Waals surface area (Å²) in [6.07, 6.45) is 1.84. The molecule has 2 aromatic carbocycles. The van der Waals surface area contributed by atoms with E-state index in [1.165, 1.54) is 0 Å². The summed E-state index contributed by atoms with van der Waals surface area (Å²) in [4.78, 5) is 14.9. The van der Waals surface area contributed by atoms with E-state index in [2.05, 4.69) is 4.98 Å². The van der Waals surface area contributed by atoms with Crippen molar-refractivity contribution in [3.8, 4) is 0 Å². The van der Waals surface area contributed by atoms with Crippen molar-refractivity contribution in [2.75, 3.05) is 0 Å². The molecular formula is C13H9BeNO. The zero-order valence-electron chi connectivity index (χ0n) is 8.73. The number of aromatic amines is 1. The third-order valence-corrected chi connectivity index (χ3v) is 2.64. The summed E-state index contributed by atoms with van der Waals surface area (Å²) < 4.78 is 0. The van der Waals surface area contributed by atoms with Gasteiger partial charge in [-0.05, 0) is 22.9 Å². The van der Waals surface area contributed by atoms with Crippen molar-refractivity contribution in [3.63, 3.8) is 0 Å². The van der Waals surface area contributed by atoms with Gasteiger partial charge in [0.15, 0.2) is 5.43 Å².